The highest BCUT2D eigenvalue weighted by Crippen LogP contribution is 2.38. The van der Waals surface area contributed by atoms with Crippen LogP contribution in [0.1, 0.15) is 52.4 Å². The summed E-state index contributed by atoms with van der Waals surface area (Å²) in [6.07, 6.45) is 5.38. The molecule has 2 saturated heterocycles. The first-order chi connectivity index (χ1) is 7.13. The Morgan fingerprint density at radius 3 is 2.93 bits per heavy atom. The number of rotatable bonds is 1. The topological polar surface area (TPSA) is 35.5 Å². The van der Waals surface area contributed by atoms with Crippen LogP contribution in [0, 0.1) is 0 Å². The van der Waals surface area contributed by atoms with Gasteiger partial charge < -0.3 is 9.47 Å². The summed E-state index contributed by atoms with van der Waals surface area (Å²) in [7, 11) is 0. The van der Waals surface area contributed by atoms with Gasteiger partial charge in [0, 0.05) is 12.8 Å². The van der Waals surface area contributed by atoms with E-state index in [1.54, 1.807) is 0 Å². The van der Waals surface area contributed by atoms with Crippen molar-refractivity contribution < 1.29 is 14.3 Å². The lowest BCUT2D eigenvalue weighted by Gasteiger charge is -2.44. The highest BCUT2D eigenvalue weighted by molar-refractivity contribution is 5.80. The first-order valence-corrected chi connectivity index (χ1v) is 6.01. The van der Waals surface area contributed by atoms with Crippen molar-refractivity contribution >= 4 is 5.78 Å². The van der Waals surface area contributed by atoms with Crippen LogP contribution in [-0.2, 0) is 14.3 Å². The molecule has 2 rings (SSSR count). The molecule has 2 fully saturated rings. The summed E-state index contributed by atoms with van der Waals surface area (Å²) in [5.74, 6) is -0.293. The molecule has 0 aromatic carbocycles. The monoisotopic (exact) mass is 212 g/mol. The van der Waals surface area contributed by atoms with Gasteiger partial charge >= 0.3 is 0 Å². The van der Waals surface area contributed by atoms with E-state index in [4.69, 9.17) is 9.47 Å². The van der Waals surface area contributed by atoms with E-state index in [0.29, 0.717) is 12.8 Å². The molecule has 3 atom stereocenters. The fraction of sp³-hybridized carbons (Fsp3) is 0.917. The first-order valence-electron chi connectivity index (χ1n) is 6.01. The molecule has 0 unspecified atom stereocenters. The zero-order valence-corrected chi connectivity index (χ0v) is 9.62. The van der Waals surface area contributed by atoms with Gasteiger partial charge in [-0.3, -0.25) is 4.79 Å². The van der Waals surface area contributed by atoms with Gasteiger partial charge in [-0.1, -0.05) is 6.92 Å². The molecule has 15 heavy (non-hydrogen) atoms. The van der Waals surface area contributed by atoms with Crippen LogP contribution in [0.3, 0.4) is 0 Å². The average Bonchev–Trinajstić information content (AvgIpc) is 2.15. The zero-order valence-electron chi connectivity index (χ0n) is 9.62. The predicted molar refractivity (Wildman–Crippen MR) is 56.5 cm³/mol. The average molecular weight is 212 g/mol. The largest absolute Gasteiger partial charge is 0.346 e. The van der Waals surface area contributed by atoms with Crippen molar-refractivity contribution in [1.29, 1.82) is 0 Å². The highest BCUT2D eigenvalue weighted by Gasteiger charge is 2.44. The molecule has 3 nitrogen and oxygen atoms in total. The van der Waals surface area contributed by atoms with Gasteiger partial charge in [0.1, 0.15) is 5.78 Å². The lowest BCUT2D eigenvalue weighted by molar-refractivity contribution is -0.303. The van der Waals surface area contributed by atoms with E-state index in [9.17, 15) is 4.79 Å². The molecule has 0 aromatic heterocycles. The van der Waals surface area contributed by atoms with Gasteiger partial charge in [-0.2, -0.15) is 0 Å². The molecule has 0 radical (unpaired) electrons. The van der Waals surface area contributed by atoms with E-state index in [1.807, 2.05) is 6.92 Å². The number of carbonyl (C=O) groups is 1. The van der Waals surface area contributed by atoms with Crippen LogP contribution < -0.4 is 0 Å². The molecular formula is C12H20O3. The van der Waals surface area contributed by atoms with Crippen LogP contribution >= 0.6 is 0 Å². The number of hydrogen-bond acceptors (Lipinski definition) is 3. The lowest BCUT2D eigenvalue weighted by Crippen LogP contribution is -2.49. The molecule has 0 N–H and O–H groups in total. The van der Waals surface area contributed by atoms with Gasteiger partial charge in [-0.25, -0.2) is 0 Å². The van der Waals surface area contributed by atoms with E-state index in [-0.39, 0.29) is 18.0 Å². The van der Waals surface area contributed by atoms with Crippen LogP contribution in [0.5, 0.6) is 0 Å². The van der Waals surface area contributed by atoms with Gasteiger partial charge in [0.15, 0.2) is 5.79 Å². The molecular weight excluding hydrogens is 192 g/mol. The van der Waals surface area contributed by atoms with Gasteiger partial charge in [0.2, 0.25) is 0 Å². The van der Waals surface area contributed by atoms with Gasteiger partial charge in [0.05, 0.1) is 18.6 Å². The highest BCUT2D eigenvalue weighted by atomic mass is 16.7. The normalized spacial score (nSPS) is 42.1. The maximum absolute atomic E-state index is 11.6. The van der Waals surface area contributed by atoms with Crippen molar-refractivity contribution in [3.8, 4) is 0 Å². The minimum atomic E-state index is -0.576. The summed E-state index contributed by atoms with van der Waals surface area (Å²) in [6, 6.07) is 0. The van der Waals surface area contributed by atoms with Crippen molar-refractivity contribution in [2.75, 3.05) is 0 Å². The Balaban J connectivity index is 2.07. The molecule has 3 heteroatoms. The SMILES string of the molecule is CC[C@@H]1CCC[C@@]2(CC(=O)C[C@H](C)O2)O1. The fourth-order valence-electron chi connectivity index (χ4n) is 2.67. The predicted octanol–water partition coefficient (Wildman–Crippen LogP) is 2.43. The second-order valence-corrected chi connectivity index (χ2v) is 4.80. The molecule has 0 amide bonds. The number of Topliss-reactive ketones (excluding diaryl/α,β-unsaturated/α-hetero) is 1. The summed E-state index contributed by atoms with van der Waals surface area (Å²) < 4.78 is 11.8. The standard InChI is InChI=1S/C12H20O3/c1-3-11-5-4-6-12(15-11)8-10(13)7-9(2)14-12/h9,11H,3-8H2,1-2H3/t9-,11+,12-/m0/s1. The fourth-order valence-corrected chi connectivity index (χ4v) is 2.67. The van der Waals surface area contributed by atoms with E-state index >= 15 is 0 Å². The van der Waals surface area contributed by atoms with Gasteiger partial charge in [0.25, 0.3) is 0 Å². The molecule has 0 aliphatic carbocycles. The maximum atomic E-state index is 11.6. The third-order valence-electron chi connectivity index (χ3n) is 3.32. The molecule has 86 valence electrons. The Hall–Kier alpha value is -0.410. The third-order valence-corrected chi connectivity index (χ3v) is 3.32. The maximum Gasteiger partial charge on any atom is 0.175 e. The smallest absolute Gasteiger partial charge is 0.175 e. The Labute approximate surface area is 91.1 Å². The summed E-state index contributed by atoms with van der Waals surface area (Å²) in [5.41, 5.74) is 0. The Bertz CT molecular complexity index is 251. The van der Waals surface area contributed by atoms with Crippen molar-refractivity contribution in [3.63, 3.8) is 0 Å². The Kier molecular flexibility index (Phi) is 3.12. The summed E-state index contributed by atoms with van der Waals surface area (Å²) in [6.45, 7) is 4.08. The number of hydrogen-bond donors (Lipinski definition) is 0. The van der Waals surface area contributed by atoms with Crippen LogP contribution in [-0.4, -0.2) is 23.8 Å². The summed E-state index contributed by atoms with van der Waals surface area (Å²) in [4.78, 5) is 11.6. The first kappa shape index (κ1) is 11.1. The molecule has 0 saturated carbocycles. The van der Waals surface area contributed by atoms with Crippen molar-refractivity contribution in [1.82, 2.24) is 0 Å². The van der Waals surface area contributed by atoms with Gasteiger partial charge in [-0.05, 0) is 26.2 Å². The second kappa shape index (κ2) is 4.22. The van der Waals surface area contributed by atoms with Crippen LogP contribution in [0.4, 0.5) is 0 Å². The van der Waals surface area contributed by atoms with Crippen molar-refractivity contribution in [2.45, 2.75) is 70.4 Å². The number of ketones is 1. The van der Waals surface area contributed by atoms with E-state index < -0.39 is 5.79 Å². The zero-order chi connectivity index (χ0) is 10.9. The minimum Gasteiger partial charge on any atom is -0.346 e. The Morgan fingerprint density at radius 2 is 2.27 bits per heavy atom. The van der Waals surface area contributed by atoms with E-state index in [2.05, 4.69) is 6.92 Å². The minimum absolute atomic E-state index is 0.0156. The lowest BCUT2D eigenvalue weighted by atomic mass is 9.92. The van der Waals surface area contributed by atoms with Crippen molar-refractivity contribution in [3.05, 3.63) is 0 Å². The molecule has 2 heterocycles. The molecule has 0 aromatic rings. The third kappa shape index (κ3) is 2.40. The van der Waals surface area contributed by atoms with E-state index in [0.717, 1.165) is 25.7 Å². The summed E-state index contributed by atoms with van der Waals surface area (Å²) >= 11 is 0. The molecule has 2 aliphatic rings. The quantitative estimate of drug-likeness (QED) is 0.669. The number of ether oxygens (including phenoxy) is 2. The Morgan fingerprint density at radius 1 is 1.47 bits per heavy atom. The van der Waals surface area contributed by atoms with E-state index in [1.165, 1.54) is 0 Å². The molecule has 1 spiro atoms. The van der Waals surface area contributed by atoms with Crippen LogP contribution in [0.25, 0.3) is 0 Å². The van der Waals surface area contributed by atoms with Crippen molar-refractivity contribution in [2.24, 2.45) is 0 Å². The number of carbonyl (C=O) groups excluding carboxylic acids is 1. The molecule has 0 bridgehead atoms. The second-order valence-electron chi connectivity index (χ2n) is 4.80. The van der Waals surface area contributed by atoms with Crippen LogP contribution in [0.15, 0.2) is 0 Å². The molecule has 2 aliphatic heterocycles. The van der Waals surface area contributed by atoms with Crippen LogP contribution in [0.2, 0.25) is 0 Å². The van der Waals surface area contributed by atoms with Gasteiger partial charge in [-0.15, -0.1) is 0 Å². The summed E-state index contributed by atoms with van der Waals surface area (Å²) in [5, 5.41) is 0.